The highest BCUT2D eigenvalue weighted by Crippen LogP contribution is 2.26. The van der Waals surface area contributed by atoms with Crippen molar-refractivity contribution in [1.82, 2.24) is 14.5 Å². The minimum atomic E-state index is -3.90. The Balaban J connectivity index is 1.64. The summed E-state index contributed by atoms with van der Waals surface area (Å²) in [6.45, 7) is 5.90. The topological polar surface area (TPSA) is 144 Å². The molecule has 2 saturated heterocycles. The number of sulfonamides is 1. The molecule has 3 N–H and O–H groups in total. The number of piperidine rings is 1. The van der Waals surface area contributed by atoms with Gasteiger partial charge < -0.3 is 20.0 Å². The Morgan fingerprint density at radius 1 is 1.09 bits per heavy atom. The van der Waals surface area contributed by atoms with Crippen molar-refractivity contribution in [2.45, 2.75) is 63.1 Å². The molecule has 0 radical (unpaired) electrons. The molecule has 0 bridgehead atoms. The average Bonchev–Trinajstić information content (AvgIpc) is 3.19. The molecule has 1 aromatic carbocycles. The van der Waals surface area contributed by atoms with Crippen LogP contribution >= 0.6 is 0 Å². The molecular formula is C23H33N3O7S. The molecule has 0 spiro atoms. The van der Waals surface area contributed by atoms with Gasteiger partial charge in [0.05, 0.1) is 11.0 Å². The van der Waals surface area contributed by atoms with Crippen LogP contribution in [-0.4, -0.2) is 84.0 Å². The molecule has 188 valence electrons. The Labute approximate surface area is 200 Å². The second-order valence-corrected chi connectivity index (χ2v) is 11.2. The fourth-order valence-electron chi connectivity index (χ4n) is 4.49. The molecule has 11 heteroatoms. The Hall–Kier alpha value is -2.50. The molecule has 0 unspecified atom stereocenters. The van der Waals surface area contributed by atoms with Gasteiger partial charge in [0.25, 0.3) is 0 Å². The van der Waals surface area contributed by atoms with Gasteiger partial charge in [0.1, 0.15) is 12.1 Å². The first-order valence-corrected chi connectivity index (χ1v) is 13.0. The molecule has 0 aromatic heterocycles. The molecule has 3 atom stereocenters. The number of aliphatic hydroxyl groups is 1. The SMILES string of the molecule is Cc1ccc(S(=O)(=O)N[C@H](C(=O)N2CCC(C(=O)N3C[C@@H](O)C[C@H]3C(=O)O)CC2)C(C)C)cc1. The van der Waals surface area contributed by atoms with Crippen LogP contribution in [0.25, 0.3) is 0 Å². The number of nitrogens with one attached hydrogen (secondary N) is 1. The standard InChI is InChI=1S/C23H33N3O7S/c1-14(2)20(24-34(32,33)18-6-4-15(3)5-7-18)22(29)25-10-8-16(9-11-25)21(28)26-13-17(27)12-19(26)23(30)31/h4-7,14,16-17,19-20,24,27H,8-13H2,1-3H3,(H,30,31)/t17-,19-,20-/m0/s1. The molecule has 1 aromatic rings. The zero-order valence-corrected chi connectivity index (χ0v) is 20.5. The van der Waals surface area contributed by atoms with Gasteiger partial charge in [-0.25, -0.2) is 13.2 Å². The maximum atomic E-state index is 13.2. The Morgan fingerprint density at radius 3 is 2.21 bits per heavy atom. The molecule has 2 amide bonds. The highest BCUT2D eigenvalue weighted by Gasteiger charge is 2.42. The van der Waals surface area contributed by atoms with Crippen LogP contribution in [0.4, 0.5) is 0 Å². The number of β-amino-alcohol motifs (C(OH)–C–C–N with tert-alkyl or cyclic N) is 1. The second kappa shape index (κ2) is 10.4. The fourth-order valence-corrected chi connectivity index (χ4v) is 5.83. The van der Waals surface area contributed by atoms with Crippen molar-refractivity contribution in [3.05, 3.63) is 29.8 Å². The molecule has 0 aliphatic carbocycles. The Bertz CT molecular complexity index is 1020. The smallest absolute Gasteiger partial charge is 0.326 e. The van der Waals surface area contributed by atoms with E-state index in [0.717, 1.165) is 5.56 Å². The van der Waals surface area contributed by atoms with Crippen molar-refractivity contribution < 1.29 is 33.0 Å². The average molecular weight is 496 g/mol. The summed E-state index contributed by atoms with van der Waals surface area (Å²) in [5, 5.41) is 19.2. The van der Waals surface area contributed by atoms with Crippen LogP contribution < -0.4 is 4.72 Å². The van der Waals surface area contributed by atoms with E-state index >= 15 is 0 Å². The van der Waals surface area contributed by atoms with Gasteiger partial charge in [-0.1, -0.05) is 31.5 Å². The van der Waals surface area contributed by atoms with Crippen molar-refractivity contribution in [2.75, 3.05) is 19.6 Å². The highest BCUT2D eigenvalue weighted by molar-refractivity contribution is 7.89. The number of hydrogen-bond donors (Lipinski definition) is 3. The van der Waals surface area contributed by atoms with E-state index in [9.17, 15) is 33.0 Å². The Morgan fingerprint density at radius 2 is 1.68 bits per heavy atom. The largest absolute Gasteiger partial charge is 0.480 e. The number of carbonyl (C=O) groups is 3. The maximum absolute atomic E-state index is 13.2. The lowest BCUT2D eigenvalue weighted by Gasteiger charge is -2.36. The van der Waals surface area contributed by atoms with Crippen molar-refractivity contribution in [2.24, 2.45) is 11.8 Å². The normalized spacial score (nSPS) is 22.7. The number of rotatable bonds is 7. The highest BCUT2D eigenvalue weighted by atomic mass is 32.2. The number of carboxylic acids is 1. The zero-order valence-electron chi connectivity index (χ0n) is 19.7. The van der Waals surface area contributed by atoms with Crippen molar-refractivity contribution in [3.63, 3.8) is 0 Å². The minimum Gasteiger partial charge on any atom is -0.480 e. The predicted molar refractivity (Wildman–Crippen MR) is 123 cm³/mol. The predicted octanol–water partition coefficient (Wildman–Crippen LogP) is 0.583. The van der Waals surface area contributed by atoms with E-state index in [1.165, 1.54) is 17.0 Å². The number of aryl methyl sites for hydroxylation is 1. The monoisotopic (exact) mass is 495 g/mol. The van der Waals surface area contributed by atoms with Gasteiger partial charge in [-0.3, -0.25) is 9.59 Å². The van der Waals surface area contributed by atoms with E-state index in [-0.39, 0.29) is 48.7 Å². The van der Waals surface area contributed by atoms with Crippen molar-refractivity contribution in [3.8, 4) is 0 Å². The molecule has 2 aliphatic heterocycles. The van der Waals surface area contributed by atoms with Crippen LogP contribution in [-0.2, 0) is 24.4 Å². The number of amides is 2. The van der Waals surface area contributed by atoms with E-state index < -0.39 is 40.1 Å². The Kier molecular flexibility index (Phi) is 7.99. The third-order valence-corrected chi connectivity index (χ3v) is 8.01. The first-order valence-electron chi connectivity index (χ1n) is 11.5. The van der Waals surface area contributed by atoms with Crippen molar-refractivity contribution in [1.29, 1.82) is 0 Å². The molecule has 34 heavy (non-hydrogen) atoms. The minimum absolute atomic E-state index is 0.00877. The van der Waals surface area contributed by atoms with E-state index in [4.69, 9.17) is 0 Å². The summed E-state index contributed by atoms with van der Waals surface area (Å²) in [4.78, 5) is 40.4. The summed E-state index contributed by atoms with van der Waals surface area (Å²) in [6, 6.07) is 4.38. The number of aliphatic carboxylic acids is 1. The van der Waals surface area contributed by atoms with Gasteiger partial charge >= 0.3 is 5.97 Å². The lowest BCUT2D eigenvalue weighted by atomic mass is 9.93. The molecular weight excluding hydrogens is 462 g/mol. The molecule has 0 saturated carbocycles. The van der Waals surface area contributed by atoms with Gasteiger partial charge in [-0.05, 0) is 37.8 Å². The number of likely N-dealkylation sites (tertiary alicyclic amines) is 2. The number of nitrogens with zero attached hydrogens (tertiary/aromatic N) is 2. The summed E-state index contributed by atoms with van der Waals surface area (Å²) in [6.07, 6.45) is -0.159. The lowest BCUT2D eigenvalue weighted by molar-refractivity contribution is -0.151. The number of carbonyl (C=O) groups excluding carboxylic acids is 2. The van der Waals surface area contributed by atoms with Crippen LogP contribution in [0.5, 0.6) is 0 Å². The summed E-state index contributed by atoms with van der Waals surface area (Å²) in [5.41, 5.74) is 0.922. The van der Waals surface area contributed by atoms with Gasteiger partial charge in [-0.15, -0.1) is 0 Å². The fraction of sp³-hybridized carbons (Fsp3) is 0.609. The quantitative estimate of drug-likeness (QED) is 0.502. The summed E-state index contributed by atoms with van der Waals surface area (Å²) >= 11 is 0. The zero-order chi connectivity index (χ0) is 25.2. The number of hydrogen-bond acceptors (Lipinski definition) is 6. The van der Waals surface area contributed by atoms with Gasteiger partial charge in [0, 0.05) is 32.0 Å². The second-order valence-electron chi connectivity index (χ2n) is 9.49. The molecule has 2 aliphatic rings. The summed E-state index contributed by atoms with van der Waals surface area (Å²) in [7, 11) is -3.90. The maximum Gasteiger partial charge on any atom is 0.326 e. The van der Waals surface area contributed by atoms with Crippen LogP contribution in [0.2, 0.25) is 0 Å². The summed E-state index contributed by atoms with van der Waals surface area (Å²) in [5.74, 6) is -2.56. The van der Waals surface area contributed by atoms with Crippen LogP contribution in [0.1, 0.15) is 38.7 Å². The molecule has 2 heterocycles. The number of aliphatic hydroxyl groups excluding tert-OH is 1. The molecule has 3 rings (SSSR count). The van der Waals surface area contributed by atoms with Crippen LogP contribution in [0.15, 0.2) is 29.2 Å². The third kappa shape index (κ3) is 5.76. The number of carboxylic acid groups (broad SMARTS) is 1. The first-order chi connectivity index (χ1) is 15.9. The third-order valence-electron chi connectivity index (χ3n) is 6.55. The van der Waals surface area contributed by atoms with E-state index in [2.05, 4.69) is 4.72 Å². The van der Waals surface area contributed by atoms with E-state index in [1.807, 2.05) is 6.92 Å². The van der Waals surface area contributed by atoms with E-state index in [0.29, 0.717) is 12.8 Å². The van der Waals surface area contributed by atoms with Crippen LogP contribution in [0, 0.1) is 18.8 Å². The van der Waals surface area contributed by atoms with Crippen LogP contribution in [0.3, 0.4) is 0 Å². The van der Waals surface area contributed by atoms with Gasteiger partial charge in [-0.2, -0.15) is 4.72 Å². The van der Waals surface area contributed by atoms with Crippen molar-refractivity contribution >= 4 is 27.8 Å². The van der Waals surface area contributed by atoms with E-state index in [1.54, 1.807) is 30.9 Å². The summed E-state index contributed by atoms with van der Waals surface area (Å²) < 4.78 is 28.2. The van der Waals surface area contributed by atoms with Gasteiger partial charge in [0.2, 0.25) is 21.8 Å². The van der Waals surface area contributed by atoms with Gasteiger partial charge in [0.15, 0.2) is 0 Å². The lowest BCUT2D eigenvalue weighted by Crippen LogP contribution is -2.54. The first kappa shape index (κ1) is 26.1. The number of benzene rings is 1. The molecule has 2 fully saturated rings. The molecule has 10 nitrogen and oxygen atoms in total.